The topological polar surface area (TPSA) is 29.3 Å². The van der Waals surface area contributed by atoms with Gasteiger partial charge in [-0.25, -0.2) is 0 Å². The van der Waals surface area contributed by atoms with E-state index in [1.807, 2.05) is 0 Å². The molecule has 0 amide bonds. The minimum absolute atomic E-state index is 0.536. The van der Waals surface area contributed by atoms with Crippen LogP contribution in [0, 0.1) is 0 Å². The van der Waals surface area contributed by atoms with Crippen LogP contribution in [-0.4, -0.2) is 31.1 Å². The van der Waals surface area contributed by atoms with Gasteiger partial charge in [0.1, 0.15) is 0 Å². The molecule has 0 aromatic heterocycles. The summed E-state index contributed by atoms with van der Waals surface area (Å²) in [6.07, 6.45) is 12.0. The van der Waals surface area contributed by atoms with E-state index in [1.54, 1.807) is 0 Å². The Morgan fingerprint density at radius 2 is 1.41 bits per heavy atom. The first kappa shape index (κ1) is 16.9. The largest absolute Gasteiger partial charge is 0.328 e. The predicted molar refractivity (Wildman–Crippen MR) is 78.4 cm³/mol. The molecule has 1 rings (SSSR count). The van der Waals surface area contributed by atoms with Crippen LogP contribution in [-0.2, 0) is 0 Å². The average molecular weight is 242 g/mol. The first-order valence-corrected chi connectivity index (χ1v) is 7.64. The molecule has 0 spiro atoms. The Balaban J connectivity index is 0.000000318. The van der Waals surface area contributed by atoms with Crippen molar-refractivity contribution in [2.24, 2.45) is 5.73 Å². The second-order valence-electron chi connectivity index (χ2n) is 5.41. The number of nitrogens with two attached hydrogens (primary N) is 1. The lowest BCUT2D eigenvalue weighted by atomic mass is 9.97. The summed E-state index contributed by atoms with van der Waals surface area (Å²) in [5.41, 5.74) is 5.63. The maximum Gasteiger partial charge on any atom is 0.00388 e. The predicted octanol–water partition coefficient (Wildman–Crippen LogP) is 3.80. The van der Waals surface area contributed by atoms with Crippen LogP contribution in [0.5, 0.6) is 0 Å². The molecule has 0 unspecified atom stereocenters. The Bertz CT molecular complexity index is 134. The molecular formula is C15H34N2. The van der Waals surface area contributed by atoms with Crippen molar-refractivity contribution < 1.29 is 0 Å². The molecule has 0 heterocycles. The molecule has 0 aromatic carbocycles. The lowest BCUT2D eigenvalue weighted by Crippen LogP contribution is -2.22. The number of unbranched alkanes of at least 4 members (excludes halogenated alkanes) is 2. The van der Waals surface area contributed by atoms with Crippen LogP contribution in [0.25, 0.3) is 0 Å². The molecular weight excluding hydrogens is 208 g/mol. The molecule has 17 heavy (non-hydrogen) atoms. The zero-order valence-corrected chi connectivity index (χ0v) is 12.4. The van der Waals surface area contributed by atoms with Crippen LogP contribution in [0.1, 0.15) is 71.6 Å². The summed E-state index contributed by atoms with van der Waals surface area (Å²) in [6, 6.07) is 0.536. The van der Waals surface area contributed by atoms with E-state index < -0.39 is 0 Å². The molecule has 1 saturated carbocycles. The third-order valence-electron chi connectivity index (χ3n) is 3.44. The Morgan fingerprint density at radius 3 is 1.71 bits per heavy atom. The molecule has 1 aliphatic rings. The SMILES string of the molecule is CCCCN(C)CCCC.NC1CCCCC1. The first-order valence-electron chi connectivity index (χ1n) is 7.64. The zero-order valence-electron chi connectivity index (χ0n) is 12.4. The van der Waals surface area contributed by atoms with Gasteiger partial charge >= 0.3 is 0 Å². The molecule has 0 bridgehead atoms. The monoisotopic (exact) mass is 242 g/mol. The van der Waals surface area contributed by atoms with E-state index in [1.165, 1.54) is 70.9 Å². The summed E-state index contributed by atoms with van der Waals surface area (Å²) in [6.45, 7) is 7.04. The van der Waals surface area contributed by atoms with Crippen LogP contribution in [0.4, 0.5) is 0 Å². The Morgan fingerprint density at radius 1 is 0.941 bits per heavy atom. The standard InChI is InChI=1S/C9H21N.C6H13N/c1-4-6-8-10(3)9-7-5-2;7-6-4-2-1-3-5-6/h4-9H2,1-3H3;6H,1-5,7H2. The lowest BCUT2D eigenvalue weighted by molar-refractivity contribution is 0.322. The fourth-order valence-electron chi connectivity index (χ4n) is 2.10. The third-order valence-corrected chi connectivity index (χ3v) is 3.44. The van der Waals surface area contributed by atoms with Gasteiger partial charge in [-0.1, -0.05) is 46.0 Å². The van der Waals surface area contributed by atoms with E-state index >= 15 is 0 Å². The van der Waals surface area contributed by atoms with E-state index in [4.69, 9.17) is 5.73 Å². The van der Waals surface area contributed by atoms with Crippen molar-refractivity contribution >= 4 is 0 Å². The van der Waals surface area contributed by atoms with Crippen molar-refractivity contribution in [1.82, 2.24) is 4.90 Å². The van der Waals surface area contributed by atoms with Gasteiger partial charge in [0.25, 0.3) is 0 Å². The first-order chi connectivity index (χ1) is 8.20. The number of nitrogens with zero attached hydrogens (tertiary/aromatic N) is 1. The van der Waals surface area contributed by atoms with Crippen molar-refractivity contribution in [2.45, 2.75) is 77.7 Å². The van der Waals surface area contributed by atoms with Gasteiger partial charge < -0.3 is 10.6 Å². The Labute approximate surface area is 109 Å². The second-order valence-corrected chi connectivity index (χ2v) is 5.41. The van der Waals surface area contributed by atoms with Gasteiger partial charge in [0.2, 0.25) is 0 Å². The maximum atomic E-state index is 5.63. The van der Waals surface area contributed by atoms with Crippen molar-refractivity contribution in [1.29, 1.82) is 0 Å². The Kier molecular flexibility index (Phi) is 12.3. The van der Waals surface area contributed by atoms with Gasteiger partial charge in [-0.2, -0.15) is 0 Å². The fraction of sp³-hybridized carbons (Fsp3) is 1.00. The summed E-state index contributed by atoms with van der Waals surface area (Å²) >= 11 is 0. The van der Waals surface area contributed by atoms with Gasteiger partial charge in [0.15, 0.2) is 0 Å². The molecule has 1 fully saturated rings. The fourth-order valence-corrected chi connectivity index (χ4v) is 2.10. The van der Waals surface area contributed by atoms with Crippen LogP contribution >= 0.6 is 0 Å². The van der Waals surface area contributed by atoms with Gasteiger partial charge in [-0.15, -0.1) is 0 Å². The summed E-state index contributed by atoms with van der Waals surface area (Å²) in [4.78, 5) is 2.42. The quantitative estimate of drug-likeness (QED) is 0.767. The smallest absolute Gasteiger partial charge is 0.00388 e. The van der Waals surface area contributed by atoms with Crippen LogP contribution in [0.2, 0.25) is 0 Å². The van der Waals surface area contributed by atoms with Crippen LogP contribution in [0.15, 0.2) is 0 Å². The molecule has 1 aliphatic carbocycles. The normalized spacial score (nSPS) is 16.8. The highest BCUT2D eigenvalue weighted by Gasteiger charge is 2.06. The van der Waals surface area contributed by atoms with Gasteiger partial charge in [0.05, 0.1) is 0 Å². The van der Waals surface area contributed by atoms with Crippen LogP contribution < -0.4 is 5.73 Å². The molecule has 0 radical (unpaired) electrons. The number of hydrogen-bond acceptors (Lipinski definition) is 2. The third kappa shape index (κ3) is 12.2. The number of hydrogen-bond donors (Lipinski definition) is 1. The van der Waals surface area contributed by atoms with Crippen molar-refractivity contribution in [2.75, 3.05) is 20.1 Å². The highest BCUT2D eigenvalue weighted by Crippen LogP contribution is 2.14. The van der Waals surface area contributed by atoms with Crippen molar-refractivity contribution in [3.63, 3.8) is 0 Å². The Hall–Kier alpha value is -0.0800. The molecule has 2 heteroatoms. The molecule has 0 aromatic rings. The second kappa shape index (κ2) is 12.4. The molecule has 104 valence electrons. The van der Waals surface area contributed by atoms with E-state index in [-0.39, 0.29) is 0 Å². The zero-order chi connectivity index (χ0) is 12.9. The van der Waals surface area contributed by atoms with E-state index in [0.717, 1.165) is 0 Å². The number of rotatable bonds is 6. The highest BCUT2D eigenvalue weighted by molar-refractivity contribution is 4.66. The molecule has 0 atom stereocenters. The van der Waals surface area contributed by atoms with E-state index in [9.17, 15) is 0 Å². The van der Waals surface area contributed by atoms with E-state index in [2.05, 4.69) is 25.8 Å². The van der Waals surface area contributed by atoms with Crippen molar-refractivity contribution in [3.05, 3.63) is 0 Å². The molecule has 2 nitrogen and oxygen atoms in total. The average Bonchev–Trinajstić information content (AvgIpc) is 2.35. The summed E-state index contributed by atoms with van der Waals surface area (Å²) in [5, 5.41) is 0. The maximum absolute atomic E-state index is 5.63. The molecule has 2 N–H and O–H groups in total. The lowest BCUT2D eigenvalue weighted by Gasteiger charge is -2.15. The van der Waals surface area contributed by atoms with Crippen molar-refractivity contribution in [3.8, 4) is 0 Å². The minimum Gasteiger partial charge on any atom is -0.328 e. The van der Waals surface area contributed by atoms with Gasteiger partial charge in [-0.05, 0) is 45.8 Å². The van der Waals surface area contributed by atoms with Gasteiger partial charge in [0, 0.05) is 6.04 Å². The van der Waals surface area contributed by atoms with E-state index in [0.29, 0.717) is 6.04 Å². The van der Waals surface area contributed by atoms with Crippen LogP contribution in [0.3, 0.4) is 0 Å². The summed E-state index contributed by atoms with van der Waals surface area (Å²) in [5.74, 6) is 0. The molecule has 0 saturated heterocycles. The van der Waals surface area contributed by atoms with Gasteiger partial charge in [-0.3, -0.25) is 0 Å². The molecule has 0 aliphatic heterocycles. The highest BCUT2D eigenvalue weighted by atomic mass is 15.1. The summed E-state index contributed by atoms with van der Waals surface area (Å²) < 4.78 is 0. The summed E-state index contributed by atoms with van der Waals surface area (Å²) in [7, 11) is 2.21. The minimum atomic E-state index is 0.536.